The molecule has 0 spiro atoms. The maximum Gasteiger partial charge on any atom is 0.257 e. The number of aromatic amines is 1. The third-order valence-electron chi connectivity index (χ3n) is 4.96. The van der Waals surface area contributed by atoms with Crippen molar-refractivity contribution in [3.63, 3.8) is 0 Å². The molecule has 0 aliphatic carbocycles. The van der Waals surface area contributed by atoms with Gasteiger partial charge in [-0.15, -0.1) is 0 Å². The first-order valence-electron chi connectivity index (χ1n) is 8.98. The van der Waals surface area contributed by atoms with Crippen molar-refractivity contribution >= 4 is 23.0 Å². The second-order valence-electron chi connectivity index (χ2n) is 6.72. The van der Waals surface area contributed by atoms with E-state index in [4.69, 9.17) is 4.74 Å². The molecule has 0 bridgehead atoms. The summed E-state index contributed by atoms with van der Waals surface area (Å²) in [6.07, 6.45) is 2.26. The number of methoxy groups -OCH3 is 1. The molecule has 27 heavy (non-hydrogen) atoms. The van der Waals surface area contributed by atoms with Crippen LogP contribution in [0.15, 0.2) is 53.6 Å². The zero-order valence-electron chi connectivity index (χ0n) is 15.3. The summed E-state index contributed by atoms with van der Waals surface area (Å²) < 4.78 is 5.13. The first kappa shape index (κ1) is 17.3. The predicted molar refractivity (Wildman–Crippen MR) is 106 cm³/mol. The van der Waals surface area contributed by atoms with Crippen molar-refractivity contribution in [3.8, 4) is 5.75 Å². The molecule has 138 valence electrons. The van der Waals surface area contributed by atoms with Crippen molar-refractivity contribution in [3.05, 3.63) is 65.4 Å². The van der Waals surface area contributed by atoms with Crippen LogP contribution in [0.3, 0.4) is 0 Å². The van der Waals surface area contributed by atoms with Crippen LogP contribution in [0.4, 0.5) is 0 Å². The summed E-state index contributed by atoms with van der Waals surface area (Å²) in [7, 11) is 1.63. The van der Waals surface area contributed by atoms with E-state index in [2.05, 4.69) is 39.9 Å². The third-order valence-corrected chi connectivity index (χ3v) is 4.96. The standard InChI is InChI=1S/C21H22N4O2/c1-13-20-17(16-5-3-4-6-18(16)24-20)11-19(23-13)21(26)25-22-12-14-7-9-15(27-2)10-8-14/h3-10,12-13,19,23-24H,11H2,1-2H3,(H,25,26)/t13-,19-/m0/s1. The van der Waals surface area contributed by atoms with E-state index in [9.17, 15) is 4.79 Å². The smallest absolute Gasteiger partial charge is 0.257 e. The van der Waals surface area contributed by atoms with E-state index in [1.54, 1.807) is 13.3 Å². The van der Waals surface area contributed by atoms with Crippen LogP contribution in [0, 0.1) is 0 Å². The lowest BCUT2D eigenvalue weighted by molar-refractivity contribution is -0.123. The van der Waals surface area contributed by atoms with Gasteiger partial charge in [-0.2, -0.15) is 5.10 Å². The summed E-state index contributed by atoms with van der Waals surface area (Å²) in [5.41, 5.74) is 7.00. The molecule has 3 N–H and O–H groups in total. The van der Waals surface area contributed by atoms with Gasteiger partial charge in [-0.1, -0.05) is 18.2 Å². The van der Waals surface area contributed by atoms with Crippen LogP contribution in [-0.2, 0) is 11.2 Å². The van der Waals surface area contributed by atoms with E-state index in [1.807, 2.05) is 36.4 Å². The Balaban J connectivity index is 1.45. The molecule has 6 heteroatoms. The number of carbonyl (C=O) groups is 1. The molecule has 0 unspecified atom stereocenters. The molecule has 0 saturated heterocycles. The number of nitrogens with zero attached hydrogens (tertiary/aromatic N) is 1. The zero-order valence-corrected chi connectivity index (χ0v) is 15.3. The highest BCUT2D eigenvalue weighted by Gasteiger charge is 2.30. The molecular formula is C21H22N4O2. The van der Waals surface area contributed by atoms with Crippen molar-refractivity contribution in [1.82, 2.24) is 15.7 Å². The SMILES string of the molecule is COc1ccc(C=NNC(=O)[C@@H]2Cc3c([nH]c4ccccc34)[C@H](C)N2)cc1. The molecule has 1 aliphatic rings. The van der Waals surface area contributed by atoms with E-state index in [0.717, 1.165) is 22.5 Å². The largest absolute Gasteiger partial charge is 0.497 e. The second kappa shape index (κ2) is 7.25. The lowest BCUT2D eigenvalue weighted by Gasteiger charge is -2.27. The number of fused-ring (bicyclic) bond motifs is 3. The monoisotopic (exact) mass is 362 g/mol. The Bertz CT molecular complexity index is 991. The summed E-state index contributed by atoms with van der Waals surface area (Å²) in [5.74, 6) is 0.647. The number of aromatic nitrogens is 1. The molecule has 2 aromatic carbocycles. The van der Waals surface area contributed by atoms with Gasteiger partial charge >= 0.3 is 0 Å². The van der Waals surface area contributed by atoms with E-state index in [0.29, 0.717) is 6.42 Å². The van der Waals surface area contributed by atoms with Crippen LogP contribution in [0.5, 0.6) is 5.75 Å². The normalized spacial score (nSPS) is 19.2. The van der Waals surface area contributed by atoms with Crippen molar-refractivity contribution in [1.29, 1.82) is 0 Å². The van der Waals surface area contributed by atoms with Crippen molar-refractivity contribution < 1.29 is 9.53 Å². The van der Waals surface area contributed by atoms with Gasteiger partial charge in [0, 0.05) is 22.6 Å². The highest BCUT2D eigenvalue weighted by Crippen LogP contribution is 2.31. The van der Waals surface area contributed by atoms with Gasteiger partial charge in [0.25, 0.3) is 5.91 Å². The summed E-state index contributed by atoms with van der Waals surface area (Å²) in [6.45, 7) is 2.06. The van der Waals surface area contributed by atoms with Crippen LogP contribution in [-0.4, -0.2) is 30.3 Å². The number of ether oxygens (including phenoxy) is 1. The minimum Gasteiger partial charge on any atom is -0.497 e. The average molecular weight is 362 g/mol. The molecule has 1 amide bonds. The van der Waals surface area contributed by atoms with Gasteiger partial charge in [-0.05, 0) is 54.8 Å². The van der Waals surface area contributed by atoms with Crippen LogP contribution in [0.25, 0.3) is 10.9 Å². The van der Waals surface area contributed by atoms with Gasteiger partial charge in [0.15, 0.2) is 0 Å². The van der Waals surface area contributed by atoms with Crippen molar-refractivity contribution in [2.24, 2.45) is 5.10 Å². The Kier molecular flexibility index (Phi) is 4.64. The first-order chi connectivity index (χ1) is 13.2. The second-order valence-corrected chi connectivity index (χ2v) is 6.72. The van der Waals surface area contributed by atoms with Gasteiger partial charge in [0.05, 0.1) is 19.4 Å². The molecule has 0 saturated carbocycles. The van der Waals surface area contributed by atoms with E-state index < -0.39 is 0 Å². The number of benzene rings is 2. The fourth-order valence-electron chi connectivity index (χ4n) is 3.57. The Labute approximate surface area is 157 Å². The summed E-state index contributed by atoms with van der Waals surface area (Å²) in [4.78, 5) is 16.0. The lowest BCUT2D eigenvalue weighted by atomic mass is 9.94. The maximum atomic E-state index is 12.6. The molecule has 2 heterocycles. The Morgan fingerprint density at radius 1 is 1.22 bits per heavy atom. The summed E-state index contributed by atoms with van der Waals surface area (Å²) in [6, 6.07) is 15.4. The number of nitrogens with one attached hydrogen (secondary N) is 3. The van der Waals surface area contributed by atoms with Crippen LogP contribution in [0.1, 0.15) is 29.8 Å². The first-order valence-corrected chi connectivity index (χ1v) is 8.98. The third kappa shape index (κ3) is 3.44. The number of para-hydroxylation sites is 1. The van der Waals surface area contributed by atoms with Crippen LogP contribution in [0.2, 0.25) is 0 Å². The van der Waals surface area contributed by atoms with Gasteiger partial charge in [-0.25, -0.2) is 5.43 Å². The molecule has 0 fully saturated rings. The Hall–Kier alpha value is -3.12. The molecule has 4 rings (SSSR count). The molecule has 2 atom stereocenters. The quantitative estimate of drug-likeness (QED) is 0.493. The van der Waals surface area contributed by atoms with Crippen molar-refractivity contribution in [2.75, 3.05) is 7.11 Å². The van der Waals surface area contributed by atoms with Gasteiger partial charge < -0.3 is 9.72 Å². The number of carbonyl (C=O) groups excluding carboxylic acids is 1. The van der Waals surface area contributed by atoms with E-state index in [-0.39, 0.29) is 18.0 Å². The fraction of sp³-hybridized carbons (Fsp3) is 0.238. The topological polar surface area (TPSA) is 78.5 Å². The number of rotatable bonds is 4. The number of amides is 1. The number of H-pyrrole nitrogens is 1. The fourth-order valence-corrected chi connectivity index (χ4v) is 3.57. The van der Waals surface area contributed by atoms with Gasteiger partial charge in [-0.3, -0.25) is 10.1 Å². The lowest BCUT2D eigenvalue weighted by Crippen LogP contribution is -2.47. The zero-order chi connectivity index (χ0) is 18.8. The molecule has 1 aromatic heterocycles. The average Bonchev–Trinajstić information content (AvgIpc) is 3.08. The van der Waals surface area contributed by atoms with Gasteiger partial charge in [0.1, 0.15) is 5.75 Å². The molecule has 1 aliphatic heterocycles. The van der Waals surface area contributed by atoms with E-state index in [1.165, 1.54) is 10.9 Å². The molecule has 0 radical (unpaired) electrons. The minimum atomic E-state index is -0.320. The summed E-state index contributed by atoms with van der Waals surface area (Å²) in [5, 5.41) is 8.63. The Morgan fingerprint density at radius 2 is 2.00 bits per heavy atom. The molecule has 6 nitrogen and oxygen atoms in total. The van der Waals surface area contributed by atoms with Crippen LogP contribution >= 0.6 is 0 Å². The highest BCUT2D eigenvalue weighted by molar-refractivity contribution is 5.89. The predicted octanol–water partition coefficient (Wildman–Crippen LogP) is 2.90. The van der Waals surface area contributed by atoms with Crippen LogP contribution < -0.4 is 15.5 Å². The molecular weight excluding hydrogens is 340 g/mol. The molecule has 3 aromatic rings. The minimum absolute atomic E-state index is 0.0717. The highest BCUT2D eigenvalue weighted by atomic mass is 16.5. The van der Waals surface area contributed by atoms with Gasteiger partial charge in [0.2, 0.25) is 0 Å². The van der Waals surface area contributed by atoms with E-state index >= 15 is 0 Å². The summed E-state index contributed by atoms with van der Waals surface area (Å²) >= 11 is 0. The number of hydrazone groups is 1. The number of hydrogen-bond acceptors (Lipinski definition) is 4. The maximum absolute atomic E-state index is 12.6. The van der Waals surface area contributed by atoms with Crippen molar-refractivity contribution in [2.45, 2.75) is 25.4 Å². The Morgan fingerprint density at radius 3 is 2.78 bits per heavy atom. The number of hydrogen-bond donors (Lipinski definition) is 3.